The van der Waals surface area contributed by atoms with E-state index in [-0.39, 0.29) is 0 Å². The summed E-state index contributed by atoms with van der Waals surface area (Å²) in [5.74, 6) is 1.18. The van der Waals surface area contributed by atoms with Gasteiger partial charge in [0.2, 0.25) is 0 Å². The van der Waals surface area contributed by atoms with Gasteiger partial charge >= 0.3 is 0 Å². The smallest absolute Gasteiger partial charge is 0.188 e. The second-order valence-corrected chi connectivity index (χ2v) is 4.68. The summed E-state index contributed by atoms with van der Waals surface area (Å²) < 4.78 is 0. The molecule has 0 radical (unpaired) electrons. The van der Waals surface area contributed by atoms with Crippen molar-refractivity contribution in [1.29, 1.82) is 0 Å². The zero-order valence-electron chi connectivity index (χ0n) is 10.9. The van der Waals surface area contributed by atoms with E-state index >= 15 is 0 Å². The van der Waals surface area contributed by atoms with Gasteiger partial charge in [-0.15, -0.1) is 0 Å². The molecule has 0 saturated heterocycles. The fourth-order valence-electron chi connectivity index (χ4n) is 1.43. The number of hydrogen-bond acceptors (Lipinski definition) is 2. The number of nitrogens with two attached hydrogens (primary N) is 1. The number of rotatable bonds is 5. The zero-order chi connectivity index (χ0) is 12.7. The number of aliphatic imine (C=N–C) groups is 1. The molecule has 0 aliphatic rings. The summed E-state index contributed by atoms with van der Waals surface area (Å²) in [4.78, 5) is 8.39. The van der Waals surface area contributed by atoms with Gasteiger partial charge in [0.05, 0.1) is 6.54 Å². The molecule has 1 aromatic heterocycles. The Labute approximate surface area is 103 Å². The van der Waals surface area contributed by atoms with Gasteiger partial charge in [0.15, 0.2) is 5.96 Å². The lowest BCUT2D eigenvalue weighted by Crippen LogP contribution is -2.32. The molecule has 17 heavy (non-hydrogen) atoms. The van der Waals surface area contributed by atoms with Crippen LogP contribution < -0.4 is 11.1 Å². The third-order valence-corrected chi connectivity index (χ3v) is 2.39. The largest absolute Gasteiger partial charge is 0.370 e. The van der Waals surface area contributed by atoms with Gasteiger partial charge in [-0.1, -0.05) is 19.9 Å². The topological polar surface area (TPSA) is 63.3 Å². The van der Waals surface area contributed by atoms with E-state index in [9.17, 15) is 0 Å². The minimum absolute atomic E-state index is 0.507. The Morgan fingerprint density at radius 1 is 1.47 bits per heavy atom. The van der Waals surface area contributed by atoms with Crippen molar-refractivity contribution in [3.05, 3.63) is 29.6 Å². The first-order valence-electron chi connectivity index (χ1n) is 6.02. The van der Waals surface area contributed by atoms with Crippen molar-refractivity contribution in [3.63, 3.8) is 0 Å². The summed E-state index contributed by atoms with van der Waals surface area (Å²) in [6.45, 7) is 7.85. The number of hydrogen-bond donors (Lipinski definition) is 2. The molecule has 1 rings (SSSR count). The number of aryl methyl sites for hydroxylation is 1. The molecule has 0 spiro atoms. The molecule has 0 saturated carbocycles. The van der Waals surface area contributed by atoms with Crippen molar-refractivity contribution in [1.82, 2.24) is 10.3 Å². The zero-order valence-corrected chi connectivity index (χ0v) is 10.9. The van der Waals surface area contributed by atoms with Gasteiger partial charge in [0.25, 0.3) is 0 Å². The SMILES string of the molecule is Cc1cncc(CN=C(N)NCCC(C)C)c1. The number of pyridine rings is 1. The molecule has 0 atom stereocenters. The Morgan fingerprint density at radius 3 is 2.88 bits per heavy atom. The second kappa shape index (κ2) is 6.89. The van der Waals surface area contributed by atoms with Gasteiger partial charge in [-0.25, -0.2) is 4.99 Å². The van der Waals surface area contributed by atoms with Crippen LogP contribution in [-0.2, 0) is 6.54 Å². The summed E-state index contributed by atoms with van der Waals surface area (Å²) in [6, 6.07) is 2.07. The summed E-state index contributed by atoms with van der Waals surface area (Å²) in [5.41, 5.74) is 7.99. The molecule has 0 fully saturated rings. The Bertz CT molecular complexity index is 371. The third kappa shape index (κ3) is 5.90. The first-order chi connectivity index (χ1) is 8.08. The van der Waals surface area contributed by atoms with Crippen LogP contribution >= 0.6 is 0 Å². The van der Waals surface area contributed by atoms with Crippen LogP contribution in [0.5, 0.6) is 0 Å². The van der Waals surface area contributed by atoms with Crippen LogP contribution in [0.3, 0.4) is 0 Å². The molecule has 0 aromatic carbocycles. The van der Waals surface area contributed by atoms with E-state index in [1.54, 1.807) is 0 Å². The predicted molar refractivity (Wildman–Crippen MR) is 71.8 cm³/mol. The summed E-state index contributed by atoms with van der Waals surface area (Å²) >= 11 is 0. The van der Waals surface area contributed by atoms with Crippen LogP contribution in [0, 0.1) is 12.8 Å². The third-order valence-electron chi connectivity index (χ3n) is 2.39. The van der Waals surface area contributed by atoms with Crippen LogP contribution in [0.2, 0.25) is 0 Å². The lowest BCUT2D eigenvalue weighted by Gasteiger charge is -2.07. The van der Waals surface area contributed by atoms with Gasteiger partial charge < -0.3 is 11.1 Å². The van der Waals surface area contributed by atoms with E-state index in [2.05, 4.69) is 35.2 Å². The van der Waals surface area contributed by atoms with E-state index < -0.39 is 0 Å². The van der Waals surface area contributed by atoms with Gasteiger partial charge in [0, 0.05) is 18.9 Å². The Morgan fingerprint density at radius 2 is 2.24 bits per heavy atom. The Balaban J connectivity index is 2.37. The fraction of sp³-hybridized carbons (Fsp3) is 0.538. The summed E-state index contributed by atoms with van der Waals surface area (Å²) in [5, 5.41) is 3.11. The molecule has 1 heterocycles. The van der Waals surface area contributed by atoms with Crippen molar-refractivity contribution in [2.45, 2.75) is 33.7 Å². The fourth-order valence-corrected chi connectivity index (χ4v) is 1.43. The quantitative estimate of drug-likeness (QED) is 0.603. The highest BCUT2D eigenvalue weighted by molar-refractivity contribution is 5.77. The number of nitrogens with zero attached hydrogens (tertiary/aromatic N) is 2. The van der Waals surface area contributed by atoms with Crippen LogP contribution in [0.15, 0.2) is 23.5 Å². The van der Waals surface area contributed by atoms with Crippen LogP contribution in [-0.4, -0.2) is 17.5 Å². The molecule has 4 nitrogen and oxygen atoms in total. The molecule has 4 heteroatoms. The van der Waals surface area contributed by atoms with E-state index in [1.807, 2.05) is 19.3 Å². The molecule has 1 aromatic rings. The van der Waals surface area contributed by atoms with Crippen molar-refractivity contribution >= 4 is 5.96 Å². The van der Waals surface area contributed by atoms with Crippen molar-refractivity contribution in [2.75, 3.05) is 6.54 Å². The second-order valence-electron chi connectivity index (χ2n) is 4.68. The lowest BCUT2D eigenvalue weighted by atomic mass is 10.1. The highest BCUT2D eigenvalue weighted by Crippen LogP contribution is 2.02. The van der Waals surface area contributed by atoms with Crippen LogP contribution in [0.4, 0.5) is 0 Å². The van der Waals surface area contributed by atoms with Crippen LogP contribution in [0.1, 0.15) is 31.4 Å². The van der Waals surface area contributed by atoms with E-state index in [0.717, 1.165) is 24.1 Å². The maximum Gasteiger partial charge on any atom is 0.188 e. The standard InChI is InChI=1S/C13H22N4/c1-10(2)4-5-16-13(14)17-9-12-6-11(3)7-15-8-12/h6-8,10H,4-5,9H2,1-3H3,(H3,14,16,17). The molecule has 94 valence electrons. The highest BCUT2D eigenvalue weighted by atomic mass is 15.1. The lowest BCUT2D eigenvalue weighted by molar-refractivity contribution is 0.576. The van der Waals surface area contributed by atoms with E-state index in [1.165, 1.54) is 0 Å². The number of guanidine groups is 1. The minimum atomic E-state index is 0.507. The summed E-state index contributed by atoms with van der Waals surface area (Å²) in [7, 11) is 0. The first-order valence-corrected chi connectivity index (χ1v) is 6.02. The maximum absolute atomic E-state index is 5.76. The molecule has 0 unspecified atom stereocenters. The number of aromatic nitrogens is 1. The van der Waals surface area contributed by atoms with E-state index in [0.29, 0.717) is 18.4 Å². The van der Waals surface area contributed by atoms with Crippen molar-refractivity contribution in [3.8, 4) is 0 Å². The average Bonchev–Trinajstić information content (AvgIpc) is 2.26. The first kappa shape index (κ1) is 13.5. The summed E-state index contributed by atoms with van der Waals surface area (Å²) in [6.07, 6.45) is 4.75. The molecule has 0 amide bonds. The Kier molecular flexibility index (Phi) is 5.46. The van der Waals surface area contributed by atoms with Crippen molar-refractivity contribution < 1.29 is 0 Å². The maximum atomic E-state index is 5.76. The highest BCUT2D eigenvalue weighted by Gasteiger charge is 1.96. The van der Waals surface area contributed by atoms with Gasteiger partial charge in [0.1, 0.15) is 0 Å². The van der Waals surface area contributed by atoms with Crippen molar-refractivity contribution in [2.24, 2.45) is 16.6 Å². The average molecular weight is 234 g/mol. The van der Waals surface area contributed by atoms with Gasteiger partial charge in [-0.2, -0.15) is 0 Å². The van der Waals surface area contributed by atoms with E-state index in [4.69, 9.17) is 5.73 Å². The monoisotopic (exact) mass is 234 g/mol. The number of nitrogens with one attached hydrogen (secondary N) is 1. The molecular weight excluding hydrogens is 212 g/mol. The molecule has 0 aliphatic heterocycles. The van der Waals surface area contributed by atoms with Gasteiger partial charge in [-0.05, 0) is 30.4 Å². The molecular formula is C13H22N4. The Hall–Kier alpha value is -1.58. The minimum Gasteiger partial charge on any atom is -0.370 e. The normalized spacial score (nSPS) is 11.9. The molecule has 0 aliphatic carbocycles. The van der Waals surface area contributed by atoms with Gasteiger partial charge in [-0.3, -0.25) is 4.98 Å². The van der Waals surface area contributed by atoms with Crippen LogP contribution in [0.25, 0.3) is 0 Å². The molecule has 0 bridgehead atoms. The predicted octanol–water partition coefficient (Wildman–Crippen LogP) is 1.84. The molecule has 3 N–H and O–H groups in total.